The summed E-state index contributed by atoms with van der Waals surface area (Å²) in [6, 6.07) is 7.13. The molecular weight excluding hydrogens is 654 g/mol. The highest BCUT2D eigenvalue weighted by molar-refractivity contribution is 5.99. The average Bonchev–Trinajstić information content (AvgIpc) is 3.43. The van der Waals surface area contributed by atoms with Crippen molar-refractivity contribution in [1.82, 2.24) is 25.4 Å². The predicted molar refractivity (Wildman–Crippen MR) is 188 cm³/mol. The Morgan fingerprint density at radius 1 is 1.08 bits per heavy atom. The summed E-state index contributed by atoms with van der Waals surface area (Å²) >= 11 is 0. The number of alkyl carbamates (subject to hydrolysis) is 1. The van der Waals surface area contributed by atoms with E-state index in [4.69, 9.17) is 14.2 Å². The van der Waals surface area contributed by atoms with Crippen molar-refractivity contribution in [3.8, 4) is 5.75 Å². The third-order valence-corrected chi connectivity index (χ3v) is 10.3. The Labute approximate surface area is 298 Å². The first-order valence-electron chi connectivity index (χ1n) is 18.0. The largest absolute Gasteiger partial charge is 0.496 e. The Bertz CT molecular complexity index is 1720. The molecule has 2 aromatic rings. The van der Waals surface area contributed by atoms with Crippen LogP contribution in [0, 0.1) is 17.8 Å². The van der Waals surface area contributed by atoms with E-state index in [1.165, 1.54) is 4.90 Å². The Kier molecular flexibility index (Phi) is 10.3. The van der Waals surface area contributed by atoms with Crippen molar-refractivity contribution in [1.29, 1.82) is 0 Å². The smallest absolute Gasteiger partial charge is 0.408 e. The van der Waals surface area contributed by atoms with E-state index in [2.05, 4.69) is 15.6 Å². The van der Waals surface area contributed by atoms with E-state index in [9.17, 15) is 24.0 Å². The van der Waals surface area contributed by atoms with E-state index in [0.29, 0.717) is 37.1 Å². The molecule has 13 nitrogen and oxygen atoms in total. The summed E-state index contributed by atoms with van der Waals surface area (Å²) in [7, 11) is 1.55. The van der Waals surface area contributed by atoms with Gasteiger partial charge in [-0.1, -0.05) is 37.1 Å². The molecular formula is C38H49N5O8. The van der Waals surface area contributed by atoms with Crippen LogP contribution < -0.4 is 15.4 Å². The van der Waals surface area contributed by atoms with Crippen molar-refractivity contribution in [2.24, 2.45) is 17.8 Å². The first kappa shape index (κ1) is 36.1. The Morgan fingerprint density at radius 2 is 1.86 bits per heavy atom. The first-order chi connectivity index (χ1) is 24.3. The molecule has 4 heterocycles. The maximum absolute atomic E-state index is 14.5. The standard InChI is InChI=1S/C38H49N5O8/c1-6-50-35(47)38-19-24(38)14-10-8-7-9-11-17-28(40-36(48)51-37(2,3)4)34(46)43-21-23-20-42(22-26(23)31(43)32(44)41-38)33(45)29-18-30(49-5)25-15-12-13-16-27(25)39-29/h10,12-16,18,23-24,26,28,31H,6-9,11,17,19-22H2,1-5H3,(H,40,48)(H,41,44)/b14-10-/t23-,24+,26-,28-,31-,38+/m0/s1. The van der Waals surface area contributed by atoms with Gasteiger partial charge in [0.05, 0.1) is 19.2 Å². The molecule has 2 saturated heterocycles. The van der Waals surface area contributed by atoms with E-state index in [1.807, 2.05) is 36.4 Å². The van der Waals surface area contributed by atoms with Crippen molar-refractivity contribution in [2.45, 2.75) is 89.4 Å². The highest BCUT2D eigenvalue weighted by Crippen LogP contribution is 2.47. The van der Waals surface area contributed by atoms with Gasteiger partial charge < -0.3 is 34.6 Å². The Morgan fingerprint density at radius 3 is 2.61 bits per heavy atom. The number of methoxy groups -OCH3 is 1. The summed E-state index contributed by atoms with van der Waals surface area (Å²) in [5.41, 5.74) is -1.15. The number of fused-ring (bicyclic) bond motifs is 5. The van der Waals surface area contributed by atoms with Crippen LogP contribution in [0.3, 0.4) is 0 Å². The number of pyridine rings is 1. The quantitative estimate of drug-likeness (QED) is 0.347. The SMILES string of the molecule is CCOC(=O)[C@@]12C[C@H]1/C=C\CCCCC[C@H](NC(=O)OC(C)(C)C)C(=O)N1C[C@@H]3CN(C(=O)c4cc(OC)c5ccccc5n4)C[C@@H]3[C@H]1C(=O)N2. The minimum absolute atomic E-state index is 0.161. The van der Waals surface area contributed by atoms with Crippen molar-refractivity contribution in [3.05, 3.63) is 48.2 Å². The van der Waals surface area contributed by atoms with Gasteiger partial charge in [0.2, 0.25) is 11.8 Å². The van der Waals surface area contributed by atoms with Crippen LogP contribution in [0.1, 0.15) is 76.7 Å². The molecule has 3 aliphatic heterocycles. The lowest BCUT2D eigenvalue weighted by Gasteiger charge is -2.33. The fourth-order valence-electron chi connectivity index (χ4n) is 7.82. The van der Waals surface area contributed by atoms with Crippen LogP contribution in [-0.2, 0) is 23.9 Å². The molecule has 51 heavy (non-hydrogen) atoms. The lowest BCUT2D eigenvalue weighted by Crippen LogP contribution is -2.58. The number of carbonyl (C=O) groups is 5. The molecule has 3 fully saturated rings. The van der Waals surface area contributed by atoms with Gasteiger partial charge in [-0.05, 0) is 65.5 Å². The number of benzene rings is 1. The zero-order valence-corrected chi connectivity index (χ0v) is 30.1. The predicted octanol–water partition coefficient (Wildman–Crippen LogP) is 3.99. The van der Waals surface area contributed by atoms with Gasteiger partial charge in [-0.3, -0.25) is 14.4 Å². The van der Waals surface area contributed by atoms with E-state index < -0.39 is 47.1 Å². The number of ether oxygens (including phenoxy) is 3. The third-order valence-electron chi connectivity index (χ3n) is 10.3. The van der Waals surface area contributed by atoms with E-state index in [0.717, 1.165) is 24.6 Å². The van der Waals surface area contributed by atoms with Gasteiger partial charge in [-0.15, -0.1) is 0 Å². The van der Waals surface area contributed by atoms with Crippen LogP contribution in [0.2, 0.25) is 0 Å². The Balaban J connectivity index is 1.31. The molecule has 0 bridgehead atoms. The van der Waals surface area contributed by atoms with Crippen LogP contribution in [0.15, 0.2) is 42.5 Å². The summed E-state index contributed by atoms with van der Waals surface area (Å²) < 4.78 is 16.5. The number of carbonyl (C=O) groups excluding carboxylic acids is 5. The molecule has 0 spiro atoms. The molecule has 0 radical (unpaired) electrons. The van der Waals surface area contributed by atoms with Gasteiger partial charge >= 0.3 is 12.1 Å². The molecule has 274 valence electrons. The summed E-state index contributed by atoms with van der Waals surface area (Å²) in [6.07, 6.45) is 7.22. The highest BCUT2D eigenvalue weighted by Gasteiger charge is 2.63. The monoisotopic (exact) mass is 703 g/mol. The normalized spacial score (nSPS) is 28.7. The number of nitrogens with one attached hydrogen (secondary N) is 2. The van der Waals surface area contributed by atoms with Gasteiger partial charge in [0.1, 0.15) is 34.7 Å². The second-order valence-electron chi connectivity index (χ2n) is 15.1. The van der Waals surface area contributed by atoms with E-state index in [-0.39, 0.29) is 49.0 Å². The summed E-state index contributed by atoms with van der Waals surface area (Å²) in [5.74, 6) is -2.04. The number of amides is 4. The fraction of sp³-hybridized carbons (Fsp3) is 0.579. The van der Waals surface area contributed by atoms with Crippen molar-refractivity contribution in [2.75, 3.05) is 33.4 Å². The van der Waals surface area contributed by atoms with Crippen molar-refractivity contribution >= 4 is 40.7 Å². The van der Waals surface area contributed by atoms with Crippen LogP contribution in [0.5, 0.6) is 5.75 Å². The van der Waals surface area contributed by atoms with Gasteiger partial charge in [-0.25, -0.2) is 14.6 Å². The van der Waals surface area contributed by atoms with Crippen molar-refractivity contribution < 1.29 is 38.2 Å². The van der Waals surface area contributed by atoms with Gasteiger partial charge in [0.25, 0.3) is 5.91 Å². The third kappa shape index (κ3) is 7.52. The molecule has 1 aromatic carbocycles. The number of rotatable bonds is 5. The number of likely N-dealkylation sites (tertiary alicyclic amines) is 1. The summed E-state index contributed by atoms with van der Waals surface area (Å²) in [6.45, 7) is 7.83. The number of hydrogen-bond acceptors (Lipinski definition) is 9. The van der Waals surface area contributed by atoms with Gasteiger partial charge in [0, 0.05) is 48.8 Å². The number of allylic oxidation sites excluding steroid dienone is 1. The lowest BCUT2D eigenvalue weighted by molar-refractivity contribution is -0.150. The molecule has 1 aromatic heterocycles. The van der Waals surface area contributed by atoms with E-state index in [1.54, 1.807) is 45.8 Å². The molecule has 6 atom stereocenters. The molecule has 13 heteroatoms. The number of nitrogens with zero attached hydrogens (tertiary/aromatic N) is 3. The number of hydrogen-bond donors (Lipinski definition) is 2. The second kappa shape index (κ2) is 14.5. The maximum Gasteiger partial charge on any atom is 0.408 e. The van der Waals surface area contributed by atoms with Gasteiger partial charge in [0.15, 0.2) is 0 Å². The second-order valence-corrected chi connectivity index (χ2v) is 15.1. The average molecular weight is 704 g/mol. The molecule has 4 amide bonds. The van der Waals surface area contributed by atoms with Crippen LogP contribution in [-0.4, -0.2) is 101 Å². The van der Waals surface area contributed by atoms with E-state index >= 15 is 0 Å². The van der Waals surface area contributed by atoms with Crippen LogP contribution >= 0.6 is 0 Å². The zero-order chi connectivity index (χ0) is 36.5. The fourth-order valence-corrected chi connectivity index (χ4v) is 7.82. The summed E-state index contributed by atoms with van der Waals surface area (Å²) in [4.78, 5) is 77.0. The number of esters is 1. The molecule has 6 rings (SSSR count). The molecule has 0 unspecified atom stereocenters. The molecule has 2 N–H and O–H groups in total. The van der Waals surface area contributed by atoms with Crippen LogP contribution in [0.4, 0.5) is 4.79 Å². The number of aromatic nitrogens is 1. The molecule has 4 aliphatic rings. The van der Waals surface area contributed by atoms with Gasteiger partial charge in [-0.2, -0.15) is 0 Å². The van der Waals surface area contributed by atoms with Crippen molar-refractivity contribution in [3.63, 3.8) is 0 Å². The minimum Gasteiger partial charge on any atom is -0.496 e. The topological polar surface area (TPSA) is 156 Å². The minimum atomic E-state index is -1.23. The zero-order valence-electron chi connectivity index (χ0n) is 30.1. The number of para-hydroxylation sites is 1. The molecule has 1 saturated carbocycles. The highest BCUT2D eigenvalue weighted by atomic mass is 16.6. The Hall–Kier alpha value is -4.68. The maximum atomic E-state index is 14.5. The molecule has 1 aliphatic carbocycles. The van der Waals surface area contributed by atoms with Crippen LogP contribution in [0.25, 0.3) is 10.9 Å². The summed E-state index contributed by atoms with van der Waals surface area (Å²) in [5, 5.41) is 6.59. The lowest BCUT2D eigenvalue weighted by atomic mass is 9.93. The first-order valence-corrected chi connectivity index (χ1v) is 18.0.